The summed E-state index contributed by atoms with van der Waals surface area (Å²) in [5.74, 6) is 1.00. The molecule has 0 spiro atoms. The molecule has 5 rings (SSSR count). The van der Waals surface area contributed by atoms with Crippen LogP contribution in [-0.2, 0) is 28.9 Å². The minimum absolute atomic E-state index is 0.0581. The first kappa shape index (κ1) is 28.1. The fourth-order valence-corrected chi connectivity index (χ4v) is 4.88. The Bertz CT molecular complexity index is 1450. The Kier molecular flexibility index (Phi) is 7.70. The van der Waals surface area contributed by atoms with E-state index >= 15 is 0 Å². The van der Waals surface area contributed by atoms with E-state index in [1.807, 2.05) is 58.2 Å². The van der Waals surface area contributed by atoms with E-state index in [1.165, 1.54) is 0 Å². The van der Waals surface area contributed by atoms with Gasteiger partial charge in [-0.05, 0) is 57.4 Å². The number of pyridine rings is 1. The molecule has 216 valence electrons. The highest BCUT2D eigenvalue weighted by molar-refractivity contribution is 5.92. The van der Waals surface area contributed by atoms with Crippen molar-refractivity contribution in [3.8, 4) is 5.88 Å². The molecule has 2 aromatic heterocycles. The summed E-state index contributed by atoms with van der Waals surface area (Å²) >= 11 is 0. The van der Waals surface area contributed by atoms with Crippen LogP contribution < -0.4 is 19.9 Å². The lowest BCUT2D eigenvalue weighted by Gasteiger charge is -2.35. The Balaban J connectivity index is 1.33. The monoisotopic (exact) mass is 559 g/mol. The maximum Gasteiger partial charge on any atom is 0.415 e. The number of anilines is 4. The second-order valence-electron chi connectivity index (χ2n) is 11.5. The molecule has 0 fully saturated rings. The predicted octanol–water partition coefficient (Wildman–Crippen LogP) is 4.25. The average Bonchev–Trinajstić information content (AvgIpc) is 2.92. The fraction of sp³-hybridized carbons (Fsp3) is 0.433. The highest BCUT2D eigenvalue weighted by atomic mass is 16.6. The molecule has 0 aliphatic carbocycles. The molecule has 0 saturated carbocycles. The Hall–Kier alpha value is -4.41. The van der Waals surface area contributed by atoms with Crippen molar-refractivity contribution in [2.45, 2.75) is 52.7 Å². The predicted molar refractivity (Wildman–Crippen MR) is 157 cm³/mol. The van der Waals surface area contributed by atoms with Gasteiger partial charge < -0.3 is 24.6 Å². The van der Waals surface area contributed by atoms with Gasteiger partial charge in [0, 0.05) is 38.1 Å². The minimum atomic E-state index is -0.607. The Labute approximate surface area is 240 Å². The molecular weight excluding hydrogens is 522 g/mol. The molecule has 0 radical (unpaired) electrons. The van der Waals surface area contributed by atoms with Crippen molar-refractivity contribution in [1.82, 2.24) is 19.9 Å². The molecule has 41 heavy (non-hydrogen) atoms. The molecule has 1 aromatic carbocycles. The van der Waals surface area contributed by atoms with Gasteiger partial charge in [-0.15, -0.1) is 0 Å². The van der Waals surface area contributed by atoms with Crippen molar-refractivity contribution in [3.63, 3.8) is 0 Å². The van der Waals surface area contributed by atoms with Crippen molar-refractivity contribution in [3.05, 3.63) is 59.0 Å². The zero-order valence-electron chi connectivity index (χ0n) is 24.5. The summed E-state index contributed by atoms with van der Waals surface area (Å²) in [4.78, 5) is 44.4. The number of carbonyl (C=O) groups excluding carboxylic acids is 2. The molecule has 0 atom stereocenters. The van der Waals surface area contributed by atoms with Gasteiger partial charge in [0.05, 0.1) is 37.1 Å². The van der Waals surface area contributed by atoms with Gasteiger partial charge in [-0.3, -0.25) is 9.69 Å². The van der Waals surface area contributed by atoms with Crippen LogP contribution in [0.15, 0.2) is 36.7 Å². The topological polar surface area (TPSA) is 113 Å². The zero-order chi connectivity index (χ0) is 29.3. The summed E-state index contributed by atoms with van der Waals surface area (Å²) in [6.07, 6.45) is 4.42. The number of ether oxygens (including phenoxy) is 2. The van der Waals surface area contributed by atoms with Gasteiger partial charge in [0.15, 0.2) is 0 Å². The molecule has 3 aromatic rings. The van der Waals surface area contributed by atoms with Crippen molar-refractivity contribution < 1.29 is 19.1 Å². The summed E-state index contributed by atoms with van der Waals surface area (Å²) in [5, 5.41) is 3.28. The van der Waals surface area contributed by atoms with Crippen molar-refractivity contribution in [2.24, 2.45) is 0 Å². The van der Waals surface area contributed by atoms with Crippen LogP contribution >= 0.6 is 0 Å². The number of aromatic nitrogens is 3. The highest BCUT2D eigenvalue weighted by Gasteiger charge is 2.32. The number of nitrogens with zero attached hydrogens (tertiary/aromatic N) is 6. The zero-order valence-corrected chi connectivity index (χ0v) is 24.5. The van der Waals surface area contributed by atoms with E-state index < -0.39 is 11.7 Å². The lowest BCUT2D eigenvalue weighted by Crippen LogP contribution is -2.42. The second-order valence-corrected chi connectivity index (χ2v) is 11.5. The average molecular weight is 560 g/mol. The summed E-state index contributed by atoms with van der Waals surface area (Å²) in [6.45, 7) is 9.65. The van der Waals surface area contributed by atoms with Crippen LogP contribution in [-0.4, -0.2) is 71.2 Å². The van der Waals surface area contributed by atoms with Gasteiger partial charge in [0.1, 0.15) is 17.9 Å². The van der Waals surface area contributed by atoms with Gasteiger partial charge in [0.2, 0.25) is 17.7 Å². The van der Waals surface area contributed by atoms with Crippen LogP contribution in [0.2, 0.25) is 0 Å². The lowest BCUT2D eigenvalue weighted by molar-refractivity contribution is -0.127. The Morgan fingerprint density at radius 1 is 1.10 bits per heavy atom. The van der Waals surface area contributed by atoms with E-state index in [1.54, 1.807) is 30.1 Å². The summed E-state index contributed by atoms with van der Waals surface area (Å²) in [5.41, 5.74) is 5.69. The van der Waals surface area contributed by atoms with E-state index in [9.17, 15) is 9.59 Å². The van der Waals surface area contributed by atoms with E-state index in [4.69, 9.17) is 14.5 Å². The smallest absolute Gasteiger partial charge is 0.415 e. The van der Waals surface area contributed by atoms with Gasteiger partial charge in [-0.2, -0.15) is 0 Å². The molecule has 11 nitrogen and oxygen atoms in total. The number of rotatable bonds is 5. The third-order valence-electron chi connectivity index (χ3n) is 7.03. The van der Waals surface area contributed by atoms with Gasteiger partial charge >= 0.3 is 6.09 Å². The summed E-state index contributed by atoms with van der Waals surface area (Å²) in [6, 6.07) is 7.71. The number of amides is 2. The first-order chi connectivity index (χ1) is 19.5. The normalized spacial score (nSPS) is 14.5. The number of hydrogen-bond donors (Lipinski definition) is 1. The fourth-order valence-electron chi connectivity index (χ4n) is 4.88. The van der Waals surface area contributed by atoms with Crippen molar-refractivity contribution in [2.75, 3.05) is 48.9 Å². The van der Waals surface area contributed by atoms with Crippen LogP contribution in [0.25, 0.3) is 0 Å². The number of carbonyl (C=O) groups is 2. The van der Waals surface area contributed by atoms with Crippen LogP contribution in [0.5, 0.6) is 5.88 Å². The summed E-state index contributed by atoms with van der Waals surface area (Å²) in [7, 11) is 3.51. The molecule has 11 heteroatoms. The lowest BCUT2D eigenvalue weighted by atomic mass is 10.0. The molecule has 2 aliphatic heterocycles. The number of fused-ring (bicyclic) bond motifs is 2. The molecule has 0 bridgehead atoms. The Morgan fingerprint density at radius 2 is 1.85 bits per heavy atom. The standard InChI is InChI=1S/C30H37N7O4/c1-19-24(17-31-27-26(19)37(13-14-40-27)29(39)41-30(2,3)4)36-12-11-21-16-32-28(34-23(21)18-36)33-22-9-7-20(8-10-22)15-25(38)35(5)6/h7-10,16-17H,11-15,18H2,1-6H3,(H,32,33,34). The quantitative estimate of drug-likeness (QED) is 0.490. The van der Waals surface area contributed by atoms with Gasteiger partial charge in [-0.1, -0.05) is 12.1 Å². The van der Waals surface area contributed by atoms with E-state index in [0.717, 1.165) is 46.7 Å². The number of likely N-dealkylation sites (N-methyl/N-ethyl adjacent to an activating group) is 1. The maximum absolute atomic E-state index is 13.0. The molecule has 0 unspecified atom stereocenters. The number of benzene rings is 1. The third kappa shape index (κ3) is 6.34. The molecule has 1 N–H and O–H groups in total. The largest absolute Gasteiger partial charge is 0.474 e. The molecule has 4 heterocycles. The first-order valence-electron chi connectivity index (χ1n) is 13.8. The molecular formula is C30H37N7O4. The van der Waals surface area contributed by atoms with E-state index in [-0.39, 0.29) is 5.91 Å². The Morgan fingerprint density at radius 3 is 2.56 bits per heavy atom. The first-order valence-corrected chi connectivity index (χ1v) is 13.8. The van der Waals surface area contributed by atoms with Crippen LogP contribution in [0, 0.1) is 6.92 Å². The SMILES string of the molecule is Cc1c(N2CCc3cnc(Nc4ccc(CC(=O)N(C)C)cc4)nc3C2)cnc2c1N(C(=O)OC(C)(C)C)CCO2. The third-order valence-corrected chi connectivity index (χ3v) is 7.03. The highest BCUT2D eigenvalue weighted by Crippen LogP contribution is 2.39. The van der Waals surface area contributed by atoms with Crippen LogP contribution in [0.3, 0.4) is 0 Å². The van der Waals surface area contributed by atoms with E-state index in [0.29, 0.717) is 43.6 Å². The summed E-state index contributed by atoms with van der Waals surface area (Å²) < 4.78 is 11.5. The van der Waals surface area contributed by atoms with Crippen LogP contribution in [0.4, 0.5) is 27.8 Å². The number of nitrogens with one attached hydrogen (secondary N) is 1. The van der Waals surface area contributed by atoms with Crippen molar-refractivity contribution in [1.29, 1.82) is 0 Å². The molecule has 2 amide bonds. The van der Waals surface area contributed by atoms with Crippen LogP contribution in [0.1, 0.15) is 43.2 Å². The second kappa shape index (κ2) is 11.2. The van der Waals surface area contributed by atoms with E-state index in [2.05, 4.69) is 20.2 Å². The number of hydrogen-bond acceptors (Lipinski definition) is 9. The minimum Gasteiger partial charge on any atom is -0.474 e. The van der Waals surface area contributed by atoms with Crippen molar-refractivity contribution >= 4 is 35.0 Å². The van der Waals surface area contributed by atoms with Gasteiger partial charge in [0.25, 0.3) is 0 Å². The van der Waals surface area contributed by atoms with Gasteiger partial charge in [-0.25, -0.2) is 19.7 Å². The molecule has 2 aliphatic rings. The maximum atomic E-state index is 13.0. The molecule has 0 saturated heterocycles.